The van der Waals surface area contributed by atoms with Gasteiger partial charge in [0.2, 0.25) is 8.32 Å². The third kappa shape index (κ3) is 5.14. The molecule has 0 aromatic carbocycles. The number of esters is 1. The molecular formula is C17H34O5Si. The summed E-state index contributed by atoms with van der Waals surface area (Å²) in [6, 6.07) is 0. The van der Waals surface area contributed by atoms with Crippen LogP contribution < -0.4 is 0 Å². The van der Waals surface area contributed by atoms with Gasteiger partial charge in [-0.05, 0) is 30.5 Å². The van der Waals surface area contributed by atoms with Gasteiger partial charge in [0.05, 0.1) is 18.3 Å². The van der Waals surface area contributed by atoms with Crippen LogP contribution in [-0.4, -0.2) is 38.4 Å². The monoisotopic (exact) mass is 346 g/mol. The molecule has 23 heavy (non-hydrogen) atoms. The molecule has 0 saturated carbocycles. The number of ether oxygens (including phenoxy) is 1. The summed E-state index contributed by atoms with van der Waals surface area (Å²) >= 11 is 0. The van der Waals surface area contributed by atoms with E-state index in [9.17, 15) is 10.1 Å². The Hall–Kier alpha value is -0.693. The molecule has 5 nitrogen and oxygen atoms in total. The zero-order valence-electron chi connectivity index (χ0n) is 15.9. The van der Waals surface area contributed by atoms with Gasteiger partial charge in [0, 0.05) is 0 Å². The van der Waals surface area contributed by atoms with Crippen molar-refractivity contribution in [2.45, 2.75) is 84.2 Å². The quantitative estimate of drug-likeness (QED) is 0.207. The zero-order chi connectivity index (χ0) is 18.4. The van der Waals surface area contributed by atoms with E-state index in [1.165, 1.54) is 0 Å². The third-order valence-electron chi connectivity index (χ3n) is 4.52. The maximum absolute atomic E-state index is 11.9. The van der Waals surface area contributed by atoms with Crippen molar-refractivity contribution in [3.05, 3.63) is 12.2 Å². The Kier molecular flexibility index (Phi) is 9.28. The average Bonchev–Trinajstić information content (AvgIpc) is 2.44. The SMILES string of the molecule is C=C(C(=O)OCC)[C@H](OO)[C@H](C)O[Si](C(C)C)(C(C)C)C(C)C. The highest BCUT2D eigenvalue weighted by atomic mass is 28.4. The Labute approximate surface area is 142 Å². The van der Waals surface area contributed by atoms with E-state index in [-0.39, 0.29) is 12.2 Å². The number of carbonyl (C=O) groups is 1. The Morgan fingerprint density at radius 2 is 1.48 bits per heavy atom. The zero-order valence-corrected chi connectivity index (χ0v) is 16.9. The second-order valence-corrected chi connectivity index (χ2v) is 12.3. The van der Waals surface area contributed by atoms with E-state index < -0.39 is 26.5 Å². The summed E-state index contributed by atoms with van der Waals surface area (Å²) < 4.78 is 11.4. The van der Waals surface area contributed by atoms with Gasteiger partial charge >= 0.3 is 5.97 Å². The van der Waals surface area contributed by atoms with E-state index in [0.29, 0.717) is 16.6 Å². The van der Waals surface area contributed by atoms with Crippen molar-refractivity contribution < 1.29 is 24.1 Å². The van der Waals surface area contributed by atoms with Crippen LogP contribution in [0, 0.1) is 0 Å². The van der Waals surface area contributed by atoms with Gasteiger partial charge < -0.3 is 9.16 Å². The van der Waals surface area contributed by atoms with Gasteiger partial charge in [0.25, 0.3) is 0 Å². The van der Waals surface area contributed by atoms with Crippen LogP contribution in [0.1, 0.15) is 55.4 Å². The van der Waals surface area contributed by atoms with E-state index in [1.807, 2.05) is 0 Å². The van der Waals surface area contributed by atoms with Crippen molar-refractivity contribution >= 4 is 14.3 Å². The lowest BCUT2D eigenvalue weighted by atomic mass is 10.1. The van der Waals surface area contributed by atoms with E-state index in [1.54, 1.807) is 13.8 Å². The Balaban J connectivity index is 5.41. The molecule has 0 spiro atoms. The fraction of sp³-hybridized carbons (Fsp3) is 0.824. The highest BCUT2D eigenvalue weighted by Gasteiger charge is 2.47. The van der Waals surface area contributed by atoms with Crippen LogP contribution in [0.5, 0.6) is 0 Å². The van der Waals surface area contributed by atoms with Crippen LogP contribution in [-0.2, 0) is 18.8 Å². The number of carbonyl (C=O) groups excluding carboxylic acids is 1. The van der Waals surface area contributed by atoms with Crippen LogP contribution in [0.15, 0.2) is 12.2 Å². The topological polar surface area (TPSA) is 65.0 Å². The molecule has 2 atom stereocenters. The first-order valence-electron chi connectivity index (χ1n) is 8.40. The first kappa shape index (κ1) is 22.3. The summed E-state index contributed by atoms with van der Waals surface area (Å²) in [5, 5.41) is 9.26. The van der Waals surface area contributed by atoms with Crippen LogP contribution in [0.3, 0.4) is 0 Å². The minimum absolute atomic E-state index is 0.0704. The minimum Gasteiger partial charge on any atom is -0.463 e. The molecule has 0 radical (unpaired) electrons. The summed E-state index contributed by atoms with van der Waals surface area (Å²) in [4.78, 5) is 16.4. The molecule has 0 unspecified atom stereocenters. The second kappa shape index (κ2) is 9.57. The molecule has 136 valence electrons. The van der Waals surface area contributed by atoms with Crippen molar-refractivity contribution in [3.8, 4) is 0 Å². The Morgan fingerprint density at radius 1 is 1.04 bits per heavy atom. The van der Waals surface area contributed by atoms with Crippen LogP contribution in [0.25, 0.3) is 0 Å². The lowest BCUT2D eigenvalue weighted by molar-refractivity contribution is -0.283. The molecule has 0 rings (SSSR count). The van der Waals surface area contributed by atoms with Gasteiger partial charge in [-0.2, -0.15) is 0 Å². The molecule has 6 heteroatoms. The molecule has 1 N–H and O–H groups in total. The van der Waals surface area contributed by atoms with Gasteiger partial charge in [-0.25, -0.2) is 9.68 Å². The normalized spacial score (nSPS) is 15.1. The van der Waals surface area contributed by atoms with Gasteiger partial charge in [-0.15, -0.1) is 0 Å². The van der Waals surface area contributed by atoms with Gasteiger partial charge in [0.1, 0.15) is 6.10 Å². The van der Waals surface area contributed by atoms with Gasteiger partial charge in [-0.1, -0.05) is 48.1 Å². The lowest BCUT2D eigenvalue weighted by Crippen LogP contribution is -2.52. The van der Waals surface area contributed by atoms with Crippen molar-refractivity contribution in [2.75, 3.05) is 6.61 Å². The average molecular weight is 347 g/mol. The maximum atomic E-state index is 11.9. The van der Waals surface area contributed by atoms with E-state index in [4.69, 9.17) is 9.16 Å². The smallest absolute Gasteiger partial charge is 0.336 e. The number of hydrogen-bond acceptors (Lipinski definition) is 5. The predicted molar refractivity (Wildman–Crippen MR) is 94.9 cm³/mol. The molecule has 0 aromatic rings. The van der Waals surface area contributed by atoms with E-state index in [0.717, 1.165) is 0 Å². The van der Waals surface area contributed by atoms with Crippen molar-refractivity contribution in [1.82, 2.24) is 0 Å². The fourth-order valence-electron chi connectivity index (χ4n) is 3.56. The molecule has 0 aliphatic carbocycles. The number of hydrogen-bond donors (Lipinski definition) is 1. The van der Waals surface area contributed by atoms with E-state index in [2.05, 4.69) is 53.0 Å². The van der Waals surface area contributed by atoms with Crippen molar-refractivity contribution in [2.24, 2.45) is 0 Å². The summed E-state index contributed by atoms with van der Waals surface area (Å²) in [7, 11) is -2.15. The van der Waals surface area contributed by atoms with Crippen LogP contribution in [0.4, 0.5) is 0 Å². The molecule has 0 amide bonds. The maximum Gasteiger partial charge on any atom is 0.336 e. The van der Waals surface area contributed by atoms with Crippen LogP contribution >= 0.6 is 0 Å². The molecule has 0 fully saturated rings. The minimum atomic E-state index is -2.15. The lowest BCUT2D eigenvalue weighted by Gasteiger charge is -2.45. The second-order valence-electron chi connectivity index (χ2n) is 6.91. The highest BCUT2D eigenvalue weighted by Crippen LogP contribution is 2.43. The first-order valence-corrected chi connectivity index (χ1v) is 10.5. The molecule has 0 aliphatic rings. The van der Waals surface area contributed by atoms with Crippen LogP contribution in [0.2, 0.25) is 16.6 Å². The predicted octanol–water partition coefficient (Wildman–Crippen LogP) is 4.54. The standard InChI is InChI=1S/C17H34O5Si/c1-10-20-17(18)14(8)16(21-19)15(9)22-23(11(2)3,12(4)5)13(6)7/h11-13,15-16,19H,8,10H2,1-7,9H3/t15-,16-/m0/s1. The molecule has 0 heterocycles. The third-order valence-corrected chi connectivity index (χ3v) is 10.7. The summed E-state index contributed by atoms with van der Waals surface area (Å²) in [5.74, 6) is -0.576. The Morgan fingerprint density at radius 3 is 1.78 bits per heavy atom. The Bertz CT molecular complexity index is 371. The van der Waals surface area contributed by atoms with Crippen molar-refractivity contribution in [3.63, 3.8) is 0 Å². The number of rotatable bonds is 10. The molecule has 0 bridgehead atoms. The van der Waals surface area contributed by atoms with Crippen molar-refractivity contribution in [1.29, 1.82) is 0 Å². The summed E-state index contributed by atoms with van der Waals surface area (Å²) in [6.07, 6.45) is -1.42. The highest BCUT2D eigenvalue weighted by molar-refractivity contribution is 6.77. The summed E-state index contributed by atoms with van der Waals surface area (Å²) in [6.45, 7) is 20.5. The first-order chi connectivity index (χ1) is 10.6. The molecule has 0 saturated heterocycles. The fourth-order valence-corrected chi connectivity index (χ4v) is 9.15. The largest absolute Gasteiger partial charge is 0.463 e. The van der Waals surface area contributed by atoms with Gasteiger partial charge in [-0.3, -0.25) is 5.26 Å². The molecule has 0 aromatic heterocycles. The molecular weight excluding hydrogens is 312 g/mol. The summed E-state index contributed by atoms with van der Waals surface area (Å²) in [5.41, 5.74) is 1.24. The molecule has 0 aliphatic heterocycles. The van der Waals surface area contributed by atoms with E-state index >= 15 is 0 Å². The van der Waals surface area contributed by atoms with Gasteiger partial charge in [0.15, 0.2) is 0 Å².